The van der Waals surface area contributed by atoms with Gasteiger partial charge in [-0.25, -0.2) is 0 Å². The summed E-state index contributed by atoms with van der Waals surface area (Å²) in [6.45, 7) is 6.08. The minimum atomic E-state index is -0.278. The molecular formula is C21H22N2O3. The van der Waals surface area contributed by atoms with E-state index in [2.05, 4.69) is 5.32 Å². The number of fused-ring (bicyclic) bond motifs is 1. The van der Waals surface area contributed by atoms with Crippen molar-refractivity contribution in [1.29, 1.82) is 0 Å². The SMILES string of the molecule is Cc1ccc(NC(=O)CCCN2C(=O)c3ccc(C)cc3C2=O)c(C)c1. The van der Waals surface area contributed by atoms with E-state index in [0.717, 1.165) is 22.4 Å². The lowest BCUT2D eigenvalue weighted by molar-refractivity contribution is -0.116. The molecule has 2 aromatic carbocycles. The van der Waals surface area contributed by atoms with Crippen LogP contribution in [0.15, 0.2) is 36.4 Å². The quantitative estimate of drug-likeness (QED) is 0.838. The van der Waals surface area contributed by atoms with Crippen LogP contribution in [0.4, 0.5) is 5.69 Å². The second-order valence-electron chi connectivity index (χ2n) is 6.78. The first-order valence-corrected chi connectivity index (χ1v) is 8.71. The number of hydrogen-bond donors (Lipinski definition) is 1. The fourth-order valence-corrected chi connectivity index (χ4v) is 3.17. The Bertz CT molecular complexity index is 902. The lowest BCUT2D eigenvalue weighted by Crippen LogP contribution is -2.31. The molecule has 134 valence electrons. The number of benzene rings is 2. The van der Waals surface area contributed by atoms with Crippen molar-refractivity contribution in [2.45, 2.75) is 33.6 Å². The Kier molecular flexibility index (Phi) is 4.89. The molecular weight excluding hydrogens is 328 g/mol. The number of hydrogen-bond acceptors (Lipinski definition) is 3. The molecule has 0 unspecified atom stereocenters. The number of aryl methyl sites for hydroxylation is 3. The maximum Gasteiger partial charge on any atom is 0.261 e. The van der Waals surface area contributed by atoms with Crippen LogP contribution in [0.1, 0.15) is 50.2 Å². The molecule has 0 saturated carbocycles. The Morgan fingerprint density at radius 1 is 0.923 bits per heavy atom. The fourth-order valence-electron chi connectivity index (χ4n) is 3.17. The summed E-state index contributed by atoms with van der Waals surface area (Å²) in [5.74, 6) is -0.673. The van der Waals surface area contributed by atoms with Gasteiger partial charge in [0.25, 0.3) is 11.8 Å². The maximum absolute atomic E-state index is 12.4. The van der Waals surface area contributed by atoms with Crippen LogP contribution in [0.2, 0.25) is 0 Å². The summed E-state index contributed by atoms with van der Waals surface area (Å²) in [5.41, 5.74) is 4.78. The summed E-state index contributed by atoms with van der Waals surface area (Å²) >= 11 is 0. The van der Waals surface area contributed by atoms with E-state index < -0.39 is 0 Å². The van der Waals surface area contributed by atoms with E-state index in [1.54, 1.807) is 12.1 Å². The van der Waals surface area contributed by atoms with Crippen molar-refractivity contribution in [1.82, 2.24) is 4.90 Å². The van der Waals surface area contributed by atoms with Crippen LogP contribution in [0.25, 0.3) is 0 Å². The van der Waals surface area contributed by atoms with Gasteiger partial charge in [0.1, 0.15) is 0 Å². The number of nitrogens with one attached hydrogen (secondary N) is 1. The van der Waals surface area contributed by atoms with E-state index >= 15 is 0 Å². The van der Waals surface area contributed by atoms with Gasteiger partial charge in [0.15, 0.2) is 0 Å². The molecule has 1 heterocycles. The topological polar surface area (TPSA) is 66.5 Å². The highest BCUT2D eigenvalue weighted by molar-refractivity contribution is 6.21. The number of nitrogens with zero attached hydrogens (tertiary/aromatic N) is 1. The number of rotatable bonds is 5. The lowest BCUT2D eigenvalue weighted by atomic mass is 10.1. The van der Waals surface area contributed by atoms with Crippen LogP contribution in [0.5, 0.6) is 0 Å². The molecule has 0 radical (unpaired) electrons. The Labute approximate surface area is 153 Å². The molecule has 0 bridgehead atoms. The third-order valence-corrected chi connectivity index (χ3v) is 4.57. The molecule has 0 atom stereocenters. The van der Waals surface area contributed by atoms with Crippen LogP contribution in [0, 0.1) is 20.8 Å². The van der Waals surface area contributed by atoms with Crippen LogP contribution in [0.3, 0.4) is 0 Å². The third kappa shape index (κ3) is 3.52. The van der Waals surface area contributed by atoms with Gasteiger partial charge in [-0.1, -0.05) is 29.3 Å². The molecule has 0 spiro atoms. The van der Waals surface area contributed by atoms with Crippen molar-refractivity contribution >= 4 is 23.4 Å². The lowest BCUT2D eigenvalue weighted by Gasteiger charge is -2.14. The van der Waals surface area contributed by atoms with Gasteiger partial charge in [0, 0.05) is 18.7 Å². The fraction of sp³-hybridized carbons (Fsp3) is 0.286. The standard InChI is InChI=1S/C21H22N2O3/c1-13-7-9-18(15(3)11-13)22-19(24)5-4-10-23-20(25)16-8-6-14(2)12-17(16)21(23)26/h6-9,11-12H,4-5,10H2,1-3H3,(H,22,24). The molecule has 5 heteroatoms. The van der Waals surface area contributed by atoms with Crippen LogP contribution in [-0.2, 0) is 4.79 Å². The summed E-state index contributed by atoms with van der Waals surface area (Å²) in [6, 6.07) is 11.1. The van der Waals surface area contributed by atoms with Crippen molar-refractivity contribution in [3.8, 4) is 0 Å². The largest absolute Gasteiger partial charge is 0.326 e. The Morgan fingerprint density at radius 2 is 1.58 bits per heavy atom. The molecule has 0 aromatic heterocycles. The number of amides is 3. The van der Waals surface area contributed by atoms with Gasteiger partial charge in [-0.05, 0) is 51.0 Å². The predicted octanol–water partition coefficient (Wildman–Crippen LogP) is 3.63. The normalized spacial score (nSPS) is 13.1. The van der Waals surface area contributed by atoms with Crippen molar-refractivity contribution in [3.63, 3.8) is 0 Å². The molecule has 26 heavy (non-hydrogen) atoms. The molecule has 0 aliphatic carbocycles. The molecule has 0 saturated heterocycles. The number of imide groups is 1. The monoisotopic (exact) mass is 350 g/mol. The van der Waals surface area contributed by atoms with Gasteiger partial charge in [-0.2, -0.15) is 0 Å². The van der Waals surface area contributed by atoms with Gasteiger partial charge in [0.05, 0.1) is 11.1 Å². The first-order valence-electron chi connectivity index (χ1n) is 8.71. The minimum Gasteiger partial charge on any atom is -0.326 e. The van der Waals surface area contributed by atoms with E-state index in [4.69, 9.17) is 0 Å². The highest BCUT2D eigenvalue weighted by Gasteiger charge is 2.34. The molecule has 1 aliphatic heterocycles. The van der Waals surface area contributed by atoms with E-state index in [-0.39, 0.29) is 30.7 Å². The molecule has 1 aliphatic rings. The second kappa shape index (κ2) is 7.12. The van der Waals surface area contributed by atoms with E-state index in [0.29, 0.717) is 17.5 Å². The first-order chi connectivity index (χ1) is 12.4. The summed E-state index contributed by atoms with van der Waals surface area (Å²) in [4.78, 5) is 38.2. The van der Waals surface area contributed by atoms with Gasteiger partial charge >= 0.3 is 0 Å². The van der Waals surface area contributed by atoms with Crippen molar-refractivity contribution in [2.75, 3.05) is 11.9 Å². The summed E-state index contributed by atoms with van der Waals surface area (Å²) in [6.07, 6.45) is 0.681. The zero-order chi connectivity index (χ0) is 18.8. The average Bonchev–Trinajstić information content (AvgIpc) is 2.82. The number of anilines is 1. The van der Waals surface area contributed by atoms with E-state index in [1.807, 2.05) is 45.0 Å². The Hall–Kier alpha value is -2.95. The van der Waals surface area contributed by atoms with Gasteiger partial charge in [0.2, 0.25) is 5.91 Å². The second-order valence-corrected chi connectivity index (χ2v) is 6.78. The molecule has 2 aromatic rings. The van der Waals surface area contributed by atoms with Gasteiger partial charge in [-0.15, -0.1) is 0 Å². The highest BCUT2D eigenvalue weighted by atomic mass is 16.2. The van der Waals surface area contributed by atoms with Crippen LogP contribution < -0.4 is 5.32 Å². The van der Waals surface area contributed by atoms with Crippen molar-refractivity contribution < 1.29 is 14.4 Å². The van der Waals surface area contributed by atoms with Crippen molar-refractivity contribution in [2.24, 2.45) is 0 Å². The molecule has 3 amide bonds. The number of carbonyl (C=O) groups is 3. The first kappa shape index (κ1) is 17.9. The minimum absolute atomic E-state index is 0.121. The molecule has 3 rings (SSSR count). The zero-order valence-electron chi connectivity index (χ0n) is 15.3. The van der Waals surface area contributed by atoms with Crippen molar-refractivity contribution in [3.05, 3.63) is 64.2 Å². The van der Waals surface area contributed by atoms with Crippen LogP contribution >= 0.6 is 0 Å². The summed E-state index contributed by atoms with van der Waals surface area (Å²) in [5, 5.41) is 2.88. The van der Waals surface area contributed by atoms with Gasteiger partial charge < -0.3 is 5.32 Å². The van der Waals surface area contributed by atoms with Crippen LogP contribution in [-0.4, -0.2) is 29.2 Å². The van der Waals surface area contributed by atoms with Gasteiger partial charge in [-0.3, -0.25) is 19.3 Å². The predicted molar refractivity (Wildman–Crippen MR) is 100 cm³/mol. The summed E-state index contributed by atoms with van der Waals surface area (Å²) in [7, 11) is 0. The zero-order valence-corrected chi connectivity index (χ0v) is 15.3. The molecule has 0 fully saturated rings. The Balaban J connectivity index is 1.56. The third-order valence-electron chi connectivity index (χ3n) is 4.57. The van der Waals surface area contributed by atoms with E-state index in [9.17, 15) is 14.4 Å². The molecule has 5 nitrogen and oxygen atoms in total. The maximum atomic E-state index is 12.4. The molecule has 1 N–H and O–H groups in total. The van der Waals surface area contributed by atoms with E-state index in [1.165, 1.54) is 4.90 Å². The number of carbonyl (C=O) groups excluding carboxylic acids is 3. The smallest absolute Gasteiger partial charge is 0.261 e. The highest BCUT2D eigenvalue weighted by Crippen LogP contribution is 2.24. The Morgan fingerprint density at radius 3 is 2.31 bits per heavy atom. The summed E-state index contributed by atoms with van der Waals surface area (Å²) < 4.78 is 0. The average molecular weight is 350 g/mol.